The maximum Gasteiger partial charge on any atom is 0.588 e. The van der Waals surface area contributed by atoms with E-state index in [2.05, 4.69) is 0 Å². The van der Waals surface area contributed by atoms with E-state index in [0.717, 1.165) is 0 Å². The highest BCUT2D eigenvalue weighted by Crippen LogP contribution is 2.57. The van der Waals surface area contributed by atoms with E-state index in [1.165, 1.54) is 0 Å². The van der Waals surface area contributed by atoms with Crippen molar-refractivity contribution in [3.63, 3.8) is 0 Å². The number of para-hydroxylation sites is 2. The molecule has 0 fully saturated rings. The summed E-state index contributed by atoms with van der Waals surface area (Å²) in [5.74, 6) is 0.579. The van der Waals surface area contributed by atoms with Crippen molar-refractivity contribution in [2.24, 2.45) is 0 Å². The van der Waals surface area contributed by atoms with Crippen LogP contribution in [-0.2, 0) is 9.09 Å². The van der Waals surface area contributed by atoms with Gasteiger partial charge >= 0.3 is 7.82 Å². The summed E-state index contributed by atoms with van der Waals surface area (Å²) in [6.45, 7) is 0. The summed E-state index contributed by atoms with van der Waals surface area (Å²) in [6, 6.07) is 25.7. The topological polar surface area (TPSA) is 44.8 Å². The van der Waals surface area contributed by atoms with Crippen molar-refractivity contribution in [2.75, 3.05) is 0 Å². The van der Waals surface area contributed by atoms with Crippen molar-refractivity contribution in [3.05, 3.63) is 96.6 Å². The fraction of sp³-hybridized carbons (Fsp3) is 0.100. The molecular formula is C20H16Cl3O4P. The van der Waals surface area contributed by atoms with Gasteiger partial charge in [-0.15, -0.1) is 0 Å². The van der Waals surface area contributed by atoms with Gasteiger partial charge in [-0.3, -0.25) is 4.52 Å². The van der Waals surface area contributed by atoms with Gasteiger partial charge in [0.15, 0.2) is 0 Å². The van der Waals surface area contributed by atoms with Crippen molar-refractivity contribution in [2.45, 2.75) is 9.90 Å². The van der Waals surface area contributed by atoms with Gasteiger partial charge in [-0.05, 0) is 29.8 Å². The maximum absolute atomic E-state index is 13.5. The van der Waals surface area contributed by atoms with Crippen molar-refractivity contribution < 1.29 is 18.1 Å². The summed E-state index contributed by atoms with van der Waals surface area (Å²) in [5, 5.41) is 0. The molecule has 0 amide bonds. The van der Waals surface area contributed by atoms with Gasteiger partial charge in [-0.2, -0.15) is 0 Å². The molecule has 0 aliphatic carbocycles. The number of halogens is 3. The molecule has 0 bridgehead atoms. The average molecular weight is 458 g/mol. The van der Waals surface area contributed by atoms with E-state index in [1.54, 1.807) is 91.0 Å². The minimum atomic E-state index is -4.23. The number of rotatable bonds is 7. The first-order valence-electron chi connectivity index (χ1n) is 8.25. The van der Waals surface area contributed by atoms with Crippen LogP contribution in [0.25, 0.3) is 0 Å². The Balaban J connectivity index is 1.96. The van der Waals surface area contributed by atoms with E-state index in [-0.39, 0.29) is 11.5 Å². The Labute approximate surface area is 178 Å². The molecular weight excluding hydrogens is 442 g/mol. The van der Waals surface area contributed by atoms with Crippen molar-refractivity contribution in [1.29, 1.82) is 0 Å². The number of hydrogen-bond acceptors (Lipinski definition) is 4. The van der Waals surface area contributed by atoms with E-state index in [0.29, 0.717) is 5.56 Å². The molecule has 0 aliphatic rings. The average Bonchev–Trinajstić information content (AvgIpc) is 2.67. The Morgan fingerprint density at radius 3 is 1.46 bits per heavy atom. The van der Waals surface area contributed by atoms with Crippen LogP contribution in [0.15, 0.2) is 91.0 Å². The number of phosphoric acid groups is 1. The molecule has 8 heteroatoms. The zero-order valence-electron chi connectivity index (χ0n) is 14.5. The van der Waals surface area contributed by atoms with E-state index in [9.17, 15) is 4.57 Å². The van der Waals surface area contributed by atoms with E-state index < -0.39 is 17.7 Å². The fourth-order valence-electron chi connectivity index (χ4n) is 2.35. The molecule has 0 saturated carbocycles. The van der Waals surface area contributed by atoms with Crippen LogP contribution in [0.1, 0.15) is 11.7 Å². The SMILES string of the molecule is O=P(Oc1ccccc1)(Oc1ccccc1)OC(c1ccccc1)C(Cl)(Cl)Cl. The normalized spacial score (nSPS) is 13.0. The predicted molar refractivity (Wildman–Crippen MR) is 112 cm³/mol. The molecule has 0 saturated heterocycles. The van der Waals surface area contributed by atoms with Gasteiger partial charge in [-0.25, -0.2) is 4.57 Å². The van der Waals surface area contributed by atoms with Crippen LogP contribution in [0.2, 0.25) is 0 Å². The Kier molecular flexibility index (Phi) is 6.92. The number of phosphoric ester groups is 1. The van der Waals surface area contributed by atoms with Gasteiger partial charge in [0.25, 0.3) is 0 Å². The highest BCUT2D eigenvalue weighted by Gasteiger charge is 2.44. The van der Waals surface area contributed by atoms with E-state index >= 15 is 0 Å². The quantitative estimate of drug-likeness (QED) is 0.274. The summed E-state index contributed by atoms with van der Waals surface area (Å²) < 4.78 is 28.5. The van der Waals surface area contributed by atoms with Crippen molar-refractivity contribution in [3.8, 4) is 11.5 Å². The molecule has 1 unspecified atom stereocenters. The largest absolute Gasteiger partial charge is 0.588 e. The molecule has 0 radical (unpaired) electrons. The second kappa shape index (κ2) is 9.21. The monoisotopic (exact) mass is 456 g/mol. The second-order valence-electron chi connectivity index (χ2n) is 5.69. The lowest BCUT2D eigenvalue weighted by molar-refractivity contribution is 0.145. The van der Waals surface area contributed by atoms with Crippen LogP contribution >= 0.6 is 42.6 Å². The zero-order valence-corrected chi connectivity index (χ0v) is 17.6. The minimum Gasteiger partial charge on any atom is -0.395 e. The Morgan fingerprint density at radius 2 is 1.07 bits per heavy atom. The van der Waals surface area contributed by atoms with Crippen LogP contribution in [-0.4, -0.2) is 3.79 Å². The molecule has 0 aliphatic heterocycles. The zero-order chi connectivity index (χ0) is 20.0. The van der Waals surface area contributed by atoms with Gasteiger partial charge in [0.1, 0.15) is 17.6 Å². The van der Waals surface area contributed by atoms with Crippen molar-refractivity contribution >= 4 is 42.6 Å². The van der Waals surface area contributed by atoms with Crippen LogP contribution in [0, 0.1) is 0 Å². The van der Waals surface area contributed by atoms with E-state index in [1.807, 2.05) is 0 Å². The smallest absolute Gasteiger partial charge is 0.395 e. The molecule has 3 aromatic carbocycles. The minimum absolute atomic E-state index is 0.290. The summed E-state index contributed by atoms with van der Waals surface area (Å²) in [6.07, 6.45) is -1.20. The van der Waals surface area contributed by atoms with Crippen LogP contribution in [0.4, 0.5) is 0 Å². The molecule has 146 valence electrons. The first-order chi connectivity index (χ1) is 13.4. The number of benzene rings is 3. The van der Waals surface area contributed by atoms with Crippen LogP contribution in [0.3, 0.4) is 0 Å². The van der Waals surface area contributed by atoms with Crippen molar-refractivity contribution in [1.82, 2.24) is 0 Å². The summed E-state index contributed by atoms with van der Waals surface area (Å²) in [5.41, 5.74) is 0.510. The summed E-state index contributed by atoms with van der Waals surface area (Å²) >= 11 is 18.4. The molecule has 0 N–H and O–H groups in total. The third kappa shape index (κ3) is 5.91. The lowest BCUT2D eigenvalue weighted by atomic mass is 10.1. The van der Waals surface area contributed by atoms with Crippen LogP contribution in [0.5, 0.6) is 11.5 Å². The van der Waals surface area contributed by atoms with E-state index in [4.69, 9.17) is 48.4 Å². The Morgan fingerprint density at radius 1 is 0.679 bits per heavy atom. The van der Waals surface area contributed by atoms with Gasteiger partial charge in [-0.1, -0.05) is 102 Å². The molecule has 0 spiro atoms. The maximum atomic E-state index is 13.5. The summed E-state index contributed by atoms with van der Waals surface area (Å²) in [7, 11) is -4.23. The Bertz CT molecular complexity index is 873. The highest BCUT2D eigenvalue weighted by molar-refractivity contribution is 7.49. The fourth-order valence-corrected chi connectivity index (χ4v) is 4.47. The molecule has 3 aromatic rings. The number of alkyl halides is 3. The molecule has 0 heterocycles. The van der Waals surface area contributed by atoms with Gasteiger partial charge in [0.2, 0.25) is 3.79 Å². The lowest BCUT2D eigenvalue weighted by Crippen LogP contribution is -2.21. The molecule has 0 aromatic heterocycles. The van der Waals surface area contributed by atoms with Gasteiger partial charge < -0.3 is 9.05 Å². The summed E-state index contributed by atoms with van der Waals surface area (Å²) in [4.78, 5) is 0. The predicted octanol–water partition coefficient (Wildman–Crippen LogP) is 7.38. The highest BCUT2D eigenvalue weighted by atomic mass is 35.6. The molecule has 1 atom stereocenters. The third-order valence-corrected chi connectivity index (χ3v) is 5.49. The third-order valence-electron chi connectivity index (χ3n) is 3.55. The number of hydrogen-bond donors (Lipinski definition) is 0. The molecule has 3 rings (SSSR count). The first kappa shape index (κ1) is 21.0. The first-order valence-corrected chi connectivity index (χ1v) is 10.8. The standard InChI is InChI=1S/C20H16Cl3O4P/c21-20(22,23)19(16-10-4-1-5-11-16)27-28(24,25-17-12-6-2-7-13-17)26-18-14-8-3-9-15-18/h1-15,19H. The van der Waals surface area contributed by atoms with Gasteiger partial charge in [0, 0.05) is 0 Å². The molecule has 28 heavy (non-hydrogen) atoms. The Hall–Kier alpha value is -1.68. The molecule has 4 nitrogen and oxygen atoms in total. The second-order valence-corrected chi connectivity index (χ2v) is 9.53. The van der Waals surface area contributed by atoms with Crippen LogP contribution < -0.4 is 9.05 Å². The lowest BCUT2D eigenvalue weighted by Gasteiger charge is -2.28. The van der Waals surface area contributed by atoms with Gasteiger partial charge in [0.05, 0.1) is 0 Å².